The van der Waals surface area contributed by atoms with Crippen LogP contribution in [0.1, 0.15) is 28.5 Å². The summed E-state index contributed by atoms with van der Waals surface area (Å²) in [6.45, 7) is 6.97. The highest BCUT2D eigenvalue weighted by Crippen LogP contribution is 2.22. The molecule has 2 aromatic rings. The predicted octanol–water partition coefficient (Wildman–Crippen LogP) is 2.44. The second-order valence-electron chi connectivity index (χ2n) is 5.78. The number of rotatable bonds is 4. The van der Waals surface area contributed by atoms with E-state index >= 15 is 0 Å². The van der Waals surface area contributed by atoms with Crippen LogP contribution in [0, 0.1) is 6.92 Å². The lowest BCUT2D eigenvalue weighted by Gasteiger charge is -2.27. The third-order valence-corrected chi connectivity index (χ3v) is 4.20. The number of anilines is 2. The smallest absolute Gasteiger partial charge is 0.274 e. The van der Waals surface area contributed by atoms with Crippen LogP contribution >= 0.6 is 0 Å². The maximum Gasteiger partial charge on any atom is 0.274 e. The number of hydrogen-bond donors (Lipinski definition) is 1. The van der Waals surface area contributed by atoms with E-state index in [0.29, 0.717) is 18.9 Å². The molecule has 1 aromatic carbocycles. The lowest BCUT2D eigenvalue weighted by atomic mass is 10.1. The summed E-state index contributed by atoms with van der Waals surface area (Å²) in [6.07, 6.45) is 2.30. The molecule has 6 heteroatoms. The summed E-state index contributed by atoms with van der Waals surface area (Å²) in [6, 6.07) is 7.77. The number of benzene rings is 1. The summed E-state index contributed by atoms with van der Waals surface area (Å²) in [4.78, 5) is 23.1. The maximum absolute atomic E-state index is 12.6. The number of hydrogen-bond acceptors (Lipinski definition) is 5. The molecule has 126 valence electrons. The van der Waals surface area contributed by atoms with Gasteiger partial charge in [0.25, 0.3) is 5.91 Å². The molecule has 1 aromatic heterocycles. The van der Waals surface area contributed by atoms with Gasteiger partial charge in [0.05, 0.1) is 13.2 Å². The first-order valence-corrected chi connectivity index (χ1v) is 8.23. The molecule has 1 aliphatic rings. The molecule has 0 radical (unpaired) electrons. The maximum atomic E-state index is 12.6. The molecule has 0 aliphatic carbocycles. The monoisotopic (exact) mass is 326 g/mol. The van der Waals surface area contributed by atoms with Crippen LogP contribution in [0.3, 0.4) is 0 Å². The number of nitrogens with zero attached hydrogens (tertiary/aromatic N) is 3. The van der Waals surface area contributed by atoms with E-state index in [9.17, 15) is 4.79 Å². The topological polar surface area (TPSA) is 67.4 Å². The van der Waals surface area contributed by atoms with Gasteiger partial charge >= 0.3 is 0 Å². The number of morpholine rings is 1. The van der Waals surface area contributed by atoms with E-state index in [0.717, 1.165) is 42.1 Å². The van der Waals surface area contributed by atoms with Crippen LogP contribution in [-0.2, 0) is 11.2 Å². The van der Waals surface area contributed by atoms with Crippen molar-refractivity contribution in [1.29, 1.82) is 0 Å². The largest absolute Gasteiger partial charge is 0.378 e. The number of carbonyl (C=O) groups excluding carboxylic acids is 1. The predicted molar refractivity (Wildman–Crippen MR) is 93.6 cm³/mol. The Bertz CT molecular complexity index is 727. The Morgan fingerprint density at radius 3 is 2.83 bits per heavy atom. The molecule has 1 N–H and O–H groups in total. The Morgan fingerprint density at radius 1 is 1.29 bits per heavy atom. The fourth-order valence-electron chi connectivity index (χ4n) is 2.82. The molecule has 0 saturated carbocycles. The third-order valence-electron chi connectivity index (χ3n) is 4.20. The minimum Gasteiger partial charge on any atom is -0.378 e. The first kappa shape index (κ1) is 16.4. The Morgan fingerprint density at radius 2 is 2.08 bits per heavy atom. The highest BCUT2D eigenvalue weighted by atomic mass is 16.5. The van der Waals surface area contributed by atoms with Gasteiger partial charge in [-0.05, 0) is 24.5 Å². The lowest BCUT2D eigenvalue weighted by Crippen LogP contribution is -2.37. The summed E-state index contributed by atoms with van der Waals surface area (Å²) in [5.41, 5.74) is 3.41. The fourth-order valence-corrected chi connectivity index (χ4v) is 2.82. The van der Waals surface area contributed by atoms with Gasteiger partial charge in [-0.1, -0.05) is 25.1 Å². The summed E-state index contributed by atoms with van der Waals surface area (Å²) in [5, 5.41) is 3.00. The number of para-hydroxylation sites is 1. The van der Waals surface area contributed by atoms with Crippen LogP contribution in [0.4, 0.5) is 11.5 Å². The first-order chi connectivity index (χ1) is 11.7. The number of aryl methyl sites for hydroxylation is 2. The van der Waals surface area contributed by atoms with Gasteiger partial charge in [0, 0.05) is 24.8 Å². The van der Waals surface area contributed by atoms with Crippen molar-refractivity contribution in [3.8, 4) is 0 Å². The van der Waals surface area contributed by atoms with Crippen LogP contribution in [0.15, 0.2) is 30.6 Å². The molecule has 0 spiro atoms. The van der Waals surface area contributed by atoms with Gasteiger partial charge in [-0.25, -0.2) is 9.97 Å². The average molecular weight is 326 g/mol. The van der Waals surface area contributed by atoms with Gasteiger partial charge < -0.3 is 15.0 Å². The van der Waals surface area contributed by atoms with Crippen molar-refractivity contribution in [2.45, 2.75) is 20.3 Å². The van der Waals surface area contributed by atoms with Gasteiger partial charge in [0.2, 0.25) is 0 Å². The summed E-state index contributed by atoms with van der Waals surface area (Å²) < 4.78 is 5.35. The molecule has 0 unspecified atom stereocenters. The van der Waals surface area contributed by atoms with E-state index in [4.69, 9.17) is 4.74 Å². The van der Waals surface area contributed by atoms with Crippen molar-refractivity contribution in [3.63, 3.8) is 0 Å². The summed E-state index contributed by atoms with van der Waals surface area (Å²) in [5.74, 6) is 0.551. The molecule has 3 rings (SSSR count). The Hall–Kier alpha value is -2.47. The average Bonchev–Trinajstić information content (AvgIpc) is 2.64. The van der Waals surface area contributed by atoms with Gasteiger partial charge in [-0.15, -0.1) is 0 Å². The van der Waals surface area contributed by atoms with Crippen molar-refractivity contribution in [1.82, 2.24) is 9.97 Å². The summed E-state index contributed by atoms with van der Waals surface area (Å²) in [7, 11) is 0. The number of ether oxygens (including phenoxy) is 1. The van der Waals surface area contributed by atoms with Crippen molar-refractivity contribution >= 4 is 17.4 Å². The number of amides is 1. The lowest BCUT2D eigenvalue weighted by molar-refractivity contribution is 0.102. The molecule has 0 atom stereocenters. The number of carbonyl (C=O) groups is 1. The first-order valence-electron chi connectivity index (χ1n) is 8.23. The zero-order valence-electron chi connectivity index (χ0n) is 14.1. The van der Waals surface area contributed by atoms with Crippen LogP contribution in [-0.4, -0.2) is 42.2 Å². The van der Waals surface area contributed by atoms with Crippen molar-refractivity contribution in [2.24, 2.45) is 0 Å². The SMILES string of the molecule is CCc1cccc(C)c1NC(=O)c1cc(N2CCOCC2)ncn1. The molecule has 24 heavy (non-hydrogen) atoms. The molecule has 0 bridgehead atoms. The van der Waals surface area contributed by atoms with E-state index in [1.807, 2.05) is 25.1 Å². The molecule has 1 saturated heterocycles. The van der Waals surface area contributed by atoms with E-state index in [2.05, 4.69) is 27.1 Å². The molecule has 1 amide bonds. The zero-order chi connectivity index (χ0) is 16.9. The molecule has 1 fully saturated rings. The van der Waals surface area contributed by atoms with Gasteiger partial charge in [-0.3, -0.25) is 4.79 Å². The number of aromatic nitrogens is 2. The van der Waals surface area contributed by atoms with Crippen molar-refractivity contribution < 1.29 is 9.53 Å². The van der Waals surface area contributed by atoms with Crippen LogP contribution in [0.25, 0.3) is 0 Å². The van der Waals surface area contributed by atoms with Crippen LogP contribution in [0.5, 0.6) is 0 Å². The third kappa shape index (κ3) is 3.54. The van der Waals surface area contributed by atoms with Gasteiger partial charge in [-0.2, -0.15) is 0 Å². The van der Waals surface area contributed by atoms with Gasteiger partial charge in [0.1, 0.15) is 17.8 Å². The van der Waals surface area contributed by atoms with E-state index in [-0.39, 0.29) is 5.91 Å². The molecule has 6 nitrogen and oxygen atoms in total. The molecule has 1 aliphatic heterocycles. The van der Waals surface area contributed by atoms with Crippen LogP contribution < -0.4 is 10.2 Å². The standard InChI is InChI=1S/C18H22N4O2/c1-3-14-6-4-5-13(2)17(14)21-18(23)15-11-16(20-12-19-15)22-7-9-24-10-8-22/h4-6,11-12H,3,7-10H2,1-2H3,(H,21,23). The molecular formula is C18H22N4O2. The fraction of sp³-hybridized carbons (Fsp3) is 0.389. The second kappa shape index (κ2) is 7.40. The van der Waals surface area contributed by atoms with E-state index in [1.165, 1.54) is 6.33 Å². The van der Waals surface area contributed by atoms with Gasteiger partial charge in [0.15, 0.2) is 0 Å². The normalized spacial score (nSPS) is 14.5. The van der Waals surface area contributed by atoms with Crippen molar-refractivity contribution in [2.75, 3.05) is 36.5 Å². The molecule has 2 heterocycles. The van der Waals surface area contributed by atoms with E-state index < -0.39 is 0 Å². The highest BCUT2D eigenvalue weighted by Gasteiger charge is 2.16. The zero-order valence-corrected chi connectivity index (χ0v) is 14.1. The van der Waals surface area contributed by atoms with E-state index in [1.54, 1.807) is 6.07 Å². The minimum atomic E-state index is -0.212. The summed E-state index contributed by atoms with van der Waals surface area (Å²) >= 11 is 0. The Kier molecular flexibility index (Phi) is 5.05. The van der Waals surface area contributed by atoms with Crippen molar-refractivity contribution in [3.05, 3.63) is 47.4 Å². The molecular weight excluding hydrogens is 304 g/mol. The Balaban J connectivity index is 1.81. The second-order valence-corrected chi connectivity index (χ2v) is 5.78. The highest BCUT2D eigenvalue weighted by molar-refractivity contribution is 6.04. The van der Waals surface area contributed by atoms with Crippen LogP contribution in [0.2, 0.25) is 0 Å². The minimum absolute atomic E-state index is 0.212. The quantitative estimate of drug-likeness (QED) is 0.935. The Labute approximate surface area is 141 Å². The number of nitrogens with one attached hydrogen (secondary N) is 1.